The van der Waals surface area contributed by atoms with Gasteiger partial charge in [0.05, 0.1) is 0 Å². The summed E-state index contributed by atoms with van der Waals surface area (Å²) in [6.07, 6.45) is -2.21. The number of hydrogen-bond acceptors (Lipinski definition) is 8. The molecule has 3 aromatic rings. The second-order valence-corrected chi connectivity index (χ2v) is 8.94. The molecule has 1 saturated carbocycles. The maximum atomic E-state index is 12.6. The molecule has 3 atom stereocenters. The van der Waals surface area contributed by atoms with Gasteiger partial charge in [0.25, 0.3) is 0 Å². The van der Waals surface area contributed by atoms with Crippen LogP contribution in [0.25, 0.3) is 5.65 Å². The molecule has 5 rings (SSSR count). The largest absolute Gasteiger partial charge is 0.480 e. The molecule has 4 heterocycles. The number of rotatable bonds is 5. The Morgan fingerprint density at radius 3 is 2.55 bits per heavy atom. The molecule has 1 aliphatic carbocycles. The monoisotopic (exact) mass is 453 g/mol. The molecule has 1 aliphatic heterocycles. The van der Waals surface area contributed by atoms with Gasteiger partial charge < -0.3 is 15.0 Å². The number of piperidine rings is 1. The van der Waals surface area contributed by atoms with Crippen molar-refractivity contribution >= 4 is 28.3 Å². The predicted molar refractivity (Wildman–Crippen MR) is 110 cm³/mol. The number of anilines is 2. The quantitative estimate of drug-likeness (QED) is 0.634. The van der Waals surface area contributed by atoms with Crippen LogP contribution in [0.15, 0.2) is 12.1 Å². The highest BCUT2D eigenvalue weighted by Crippen LogP contribution is 2.40. The summed E-state index contributed by atoms with van der Waals surface area (Å²) in [6.45, 7) is 4.12. The highest BCUT2D eigenvalue weighted by atomic mass is 32.1. The summed E-state index contributed by atoms with van der Waals surface area (Å²) in [7, 11) is 0. The molecule has 2 aliphatic rings. The number of nitrogens with zero attached hydrogens (tertiary/aromatic N) is 6. The van der Waals surface area contributed by atoms with E-state index in [1.54, 1.807) is 6.07 Å². The van der Waals surface area contributed by atoms with Crippen molar-refractivity contribution in [3.05, 3.63) is 23.7 Å². The molecule has 1 saturated heterocycles. The third-order valence-corrected chi connectivity index (χ3v) is 6.81. The van der Waals surface area contributed by atoms with Crippen LogP contribution in [0.1, 0.15) is 24.4 Å². The van der Waals surface area contributed by atoms with Crippen LogP contribution in [0.3, 0.4) is 0 Å². The second-order valence-electron chi connectivity index (χ2n) is 8.21. The summed E-state index contributed by atoms with van der Waals surface area (Å²) in [6, 6.07) is 3.38. The maximum Gasteiger partial charge on any atom is 0.422 e. The average molecular weight is 453 g/mol. The van der Waals surface area contributed by atoms with Gasteiger partial charge >= 0.3 is 6.18 Å². The Hall–Kier alpha value is -2.63. The summed E-state index contributed by atoms with van der Waals surface area (Å²) in [5.74, 6) is 2.09. The van der Waals surface area contributed by atoms with Crippen LogP contribution in [0.2, 0.25) is 0 Å². The number of pyridine rings is 1. The lowest BCUT2D eigenvalue weighted by Crippen LogP contribution is -2.48. The van der Waals surface area contributed by atoms with Gasteiger partial charge in [-0.2, -0.15) is 22.5 Å². The van der Waals surface area contributed by atoms with Crippen LogP contribution in [0, 0.1) is 25.7 Å². The van der Waals surface area contributed by atoms with Gasteiger partial charge in [-0.15, -0.1) is 5.10 Å². The Bertz CT molecular complexity index is 1080. The van der Waals surface area contributed by atoms with E-state index in [4.69, 9.17) is 4.74 Å². The van der Waals surface area contributed by atoms with E-state index in [-0.39, 0.29) is 17.4 Å². The topological polar surface area (TPSA) is 80.5 Å². The first-order valence-corrected chi connectivity index (χ1v) is 10.9. The van der Waals surface area contributed by atoms with Crippen molar-refractivity contribution in [1.82, 2.24) is 24.0 Å². The standard InChI is InChI=1S/C19H22F3N7OS/c1-10-3-6-14(30-9-19(20,21)22)16-25-17(26-29(10)16)24-15-12-4-5-13(15)8-28(7-12)18-23-11(2)27-31-18/h3,6,12-13,15H,4-5,7-9H2,1-2H3,(H,24,26)/t12-,13+,15?. The van der Waals surface area contributed by atoms with Gasteiger partial charge in [-0.05, 0) is 50.7 Å². The van der Waals surface area contributed by atoms with E-state index in [1.807, 2.05) is 13.8 Å². The molecule has 166 valence electrons. The molecule has 8 nitrogen and oxygen atoms in total. The molecule has 2 bridgehead atoms. The van der Waals surface area contributed by atoms with Gasteiger partial charge in [0.1, 0.15) is 5.82 Å². The zero-order chi connectivity index (χ0) is 21.8. The number of nitrogens with one attached hydrogen (secondary N) is 1. The van der Waals surface area contributed by atoms with E-state index < -0.39 is 12.8 Å². The van der Waals surface area contributed by atoms with Crippen molar-refractivity contribution in [2.75, 3.05) is 29.9 Å². The molecule has 31 heavy (non-hydrogen) atoms. The minimum atomic E-state index is -4.42. The van der Waals surface area contributed by atoms with Crippen LogP contribution in [0.4, 0.5) is 24.3 Å². The zero-order valence-electron chi connectivity index (χ0n) is 17.1. The first kappa shape index (κ1) is 20.3. The molecule has 2 fully saturated rings. The third-order valence-electron chi connectivity index (χ3n) is 5.95. The van der Waals surface area contributed by atoms with Crippen molar-refractivity contribution in [2.24, 2.45) is 11.8 Å². The summed E-state index contributed by atoms with van der Waals surface area (Å²) >= 11 is 1.43. The minimum Gasteiger partial charge on any atom is -0.480 e. The molecule has 0 aromatic carbocycles. The SMILES string of the molecule is Cc1nsc(N2C[C@H]3CC[C@@H](C2)C3Nc2nc3c(OCC(F)(F)F)ccc(C)n3n2)n1. The molecule has 1 N–H and O–H groups in total. The van der Waals surface area contributed by atoms with E-state index in [2.05, 4.69) is 29.7 Å². The lowest BCUT2D eigenvalue weighted by molar-refractivity contribution is -0.153. The van der Waals surface area contributed by atoms with Gasteiger partial charge in [0.15, 0.2) is 18.0 Å². The van der Waals surface area contributed by atoms with Crippen molar-refractivity contribution in [3.8, 4) is 5.75 Å². The number of aryl methyl sites for hydroxylation is 2. The second kappa shape index (κ2) is 7.50. The predicted octanol–water partition coefficient (Wildman–Crippen LogP) is 3.47. The van der Waals surface area contributed by atoms with E-state index in [0.717, 1.165) is 42.6 Å². The highest BCUT2D eigenvalue weighted by molar-refractivity contribution is 7.09. The molecular weight excluding hydrogens is 431 g/mol. The van der Waals surface area contributed by atoms with Gasteiger partial charge in [0.2, 0.25) is 11.1 Å². The summed E-state index contributed by atoms with van der Waals surface area (Å²) in [5, 5.41) is 8.90. The fourth-order valence-corrected chi connectivity index (χ4v) is 5.26. The Kier molecular flexibility index (Phi) is 4.91. The Morgan fingerprint density at radius 2 is 1.90 bits per heavy atom. The molecule has 0 amide bonds. The molecule has 0 radical (unpaired) electrons. The minimum absolute atomic E-state index is 0.0629. The fraction of sp³-hybridized carbons (Fsp3) is 0.579. The first-order chi connectivity index (χ1) is 14.8. The molecule has 0 spiro atoms. The van der Waals surface area contributed by atoms with E-state index in [0.29, 0.717) is 17.8 Å². The fourth-order valence-electron chi connectivity index (χ4n) is 4.57. The first-order valence-electron chi connectivity index (χ1n) is 10.1. The van der Waals surface area contributed by atoms with E-state index >= 15 is 0 Å². The van der Waals surface area contributed by atoms with E-state index in [9.17, 15) is 13.2 Å². The van der Waals surface area contributed by atoms with E-state index in [1.165, 1.54) is 22.1 Å². The van der Waals surface area contributed by atoms with Gasteiger partial charge in [-0.3, -0.25) is 0 Å². The third kappa shape index (κ3) is 4.00. The lowest BCUT2D eigenvalue weighted by atomic mass is 9.92. The Morgan fingerprint density at radius 1 is 1.16 bits per heavy atom. The molecule has 1 unspecified atom stereocenters. The van der Waals surface area contributed by atoms with Gasteiger partial charge in [0, 0.05) is 36.4 Å². The summed E-state index contributed by atoms with van der Waals surface area (Å²) in [5.41, 5.74) is 1.04. The lowest BCUT2D eigenvalue weighted by Gasteiger charge is -2.37. The normalized spacial score (nSPS) is 23.5. The van der Waals surface area contributed by atoms with Crippen molar-refractivity contribution in [2.45, 2.75) is 38.9 Å². The Labute approximate surface area is 180 Å². The summed E-state index contributed by atoms with van der Waals surface area (Å²) in [4.78, 5) is 11.3. The number of fused-ring (bicyclic) bond motifs is 3. The van der Waals surface area contributed by atoms with Crippen molar-refractivity contribution < 1.29 is 17.9 Å². The molecular formula is C19H22F3N7OS. The summed E-state index contributed by atoms with van der Waals surface area (Å²) < 4.78 is 48.6. The number of hydrogen-bond donors (Lipinski definition) is 1. The maximum absolute atomic E-state index is 12.6. The van der Waals surface area contributed by atoms with Crippen LogP contribution >= 0.6 is 11.5 Å². The molecule has 12 heteroatoms. The van der Waals surface area contributed by atoms with Crippen LogP contribution in [-0.2, 0) is 0 Å². The highest BCUT2D eigenvalue weighted by Gasteiger charge is 2.43. The number of ether oxygens (including phenoxy) is 1. The van der Waals surface area contributed by atoms with Crippen LogP contribution in [0.5, 0.6) is 5.75 Å². The number of aromatic nitrogens is 5. The zero-order valence-corrected chi connectivity index (χ0v) is 17.9. The Balaban J connectivity index is 1.34. The number of halogens is 3. The van der Waals surface area contributed by atoms with Gasteiger partial charge in [-0.25, -0.2) is 9.50 Å². The molecule has 3 aromatic heterocycles. The van der Waals surface area contributed by atoms with Gasteiger partial charge in [-0.1, -0.05) is 0 Å². The smallest absolute Gasteiger partial charge is 0.422 e. The van der Waals surface area contributed by atoms with Crippen molar-refractivity contribution in [1.29, 1.82) is 0 Å². The average Bonchev–Trinajstić information content (AvgIpc) is 3.38. The van der Waals surface area contributed by atoms with Crippen molar-refractivity contribution in [3.63, 3.8) is 0 Å². The van der Waals surface area contributed by atoms with Crippen LogP contribution in [-0.4, -0.2) is 55.9 Å². The number of alkyl halides is 3. The van der Waals surface area contributed by atoms with Crippen LogP contribution < -0.4 is 15.0 Å².